The lowest BCUT2D eigenvalue weighted by molar-refractivity contribution is 0.0168. The molecule has 28 heavy (non-hydrogen) atoms. The number of benzene rings is 1. The first-order valence-corrected chi connectivity index (χ1v) is 9.83. The largest absolute Gasteiger partial charge is 0.379 e. The second kappa shape index (κ2) is 12.9. The van der Waals surface area contributed by atoms with Crippen molar-refractivity contribution in [1.29, 1.82) is 0 Å². The Labute approximate surface area is 184 Å². The Morgan fingerprint density at radius 1 is 1.25 bits per heavy atom. The average Bonchev–Trinajstić information content (AvgIpc) is 3.23. The molecule has 0 aliphatic carbocycles. The fraction of sp³-hybridized carbons (Fsp3) is 0.524. The van der Waals surface area contributed by atoms with Gasteiger partial charge in [0.15, 0.2) is 5.96 Å². The average molecular weight is 498 g/mol. The van der Waals surface area contributed by atoms with Crippen LogP contribution in [0.5, 0.6) is 0 Å². The molecule has 2 aromatic rings. The van der Waals surface area contributed by atoms with Gasteiger partial charge < -0.3 is 20.1 Å². The number of hydrogen-bond donors (Lipinski definition) is 2. The van der Waals surface area contributed by atoms with E-state index < -0.39 is 0 Å². The summed E-state index contributed by atoms with van der Waals surface area (Å²) in [4.78, 5) is 8.79. The van der Waals surface area contributed by atoms with Gasteiger partial charge in [0.05, 0.1) is 18.2 Å². The number of nitrogens with zero attached hydrogens (tertiary/aromatic N) is 2. The minimum absolute atomic E-state index is 0. The van der Waals surface area contributed by atoms with Crippen molar-refractivity contribution < 1.29 is 9.47 Å². The van der Waals surface area contributed by atoms with Gasteiger partial charge in [-0.3, -0.25) is 9.98 Å². The van der Waals surface area contributed by atoms with Gasteiger partial charge in [0, 0.05) is 44.9 Å². The molecule has 1 aromatic carbocycles. The summed E-state index contributed by atoms with van der Waals surface area (Å²) in [5.41, 5.74) is 2.33. The summed E-state index contributed by atoms with van der Waals surface area (Å²) in [5.74, 6) is 0.822. The molecule has 0 amide bonds. The van der Waals surface area contributed by atoms with Crippen LogP contribution in [0.2, 0.25) is 0 Å². The number of rotatable bonds is 9. The third-order valence-corrected chi connectivity index (χ3v) is 4.71. The summed E-state index contributed by atoms with van der Waals surface area (Å²) in [6.45, 7) is 3.98. The number of ether oxygens (including phenoxy) is 2. The number of aromatic nitrogens is 1. The highest BCUT2D eigenvalue weighted by molar-refractivity contribution is 14.0. The molecule has 154 valence electrons. The maximum absolute atomic E-state index is 5.68. The van der Waals surface area contributed by atoms with Gasteiger partial charge in [0.25, 0.3) is 0 Å². The van der Waals surface area contributed by atoms with E-state index in [4.69, 9.17) is 9.47 Å². The smallest absolute Gasteiger partial charge is 0.190 e. The molecule has 0 bridgehead atoms. The van der Waals surface area contributed by atoms with E-state index in [2.05, 4.69) is 44.9 Å². The van der Waals surface area contributed by atoms with Gasteiger partial charge in [0.2, 0.25) is 0 Å². The number of guanidine groups is 1. The van der Waals surface area contributed by atoms with Crippen molar-refractivity contribution in [2.45, 2.75) is 31.8 Å². The quantitative estimate of drug-likeness (QED) is 0.241. The maximum atomic E-state index is 5.68. The molecule has 1 aliphatic heterocycles. The number of hydrogen-bond acceptors (Lipinski definition) is 4. The lowest BCUT2D eigenvalue weighted by atomic mass is 10.1. The molecule has 1 aliphatic rings. The number of halogens is 1. The van der Waals surface area contributed by atoms with E-state index >= 15 is 0 Å². The summed E-state index contributed by atoms with van der Waals surface area (Å²) < 4.78 is 11.2. The van der Waals surface area contributed by atoms with Gasteiger partial charge in [-0.05, 0) is 37.3 Å². The molecule has 6 nitrogen and oxygen atoms in total. The summed E-state index contributed by atoms with van der Waals surface area (Å²) in [7, 11) is 1.79. The standard InChI is InChI=1S/C21H30N4O2.HI/c1-22-21(24-12-5-14-26-16-19-9-4-15-27-19)25-13-10-18-7-2-6-17-8-3-11-23-20(17)18;/h2-3,6-8,11,19H,4-5,9-10,12-16H2,1H3,(H2,22,24,25);1H. The first-order valence-electron chi connectivity index (χ1n) is 9.83. The van der Waals surface area contributed by atoms with E-state index in [9.17, 15) is 0 Å². The van der Waals surface area contributed by atoms with Crippen LogP contribution in [-0.2, 0) is 15.9 Å². The lowest BCUT2D eigenvalue weighted by Gasteiger charge is -2.13. The maximum Gasteiger partial charge on any atom is 0.190 e. The summed E-state index contributed by atoms with van der Waals surface area (Å²) >= 11 is 0. The Hall–Kier alpha value is -1.45. The molecule has 0 saturated carbocycles. The van der Waals surface area contributed by atoms with Gasteiger partial charge in [0.1, 0.15) is 0 Å². The van der Waals surface area contributed by atoms with Gasteiger partial charge in [-0.15, -0.1) is 24.0 Å². The highest BCUT2D eigenvalue weighted by Crippen LogP contribution is 2.16. The number of pyridine rings is 1. The van der Waals surface area contributed by atoms with Gasteiger partial charge in [-0.1, -0.05) is 24.3 Å². The van der Waals surface area contributed by atoms with Crippen LogP contribution >= 0.6 is 24.0 Å². The predicted molar refractivity (Wildman–Crippen MR) is 125 cm³/mol. The van der Waals surface area contributed by atoms with Crippen molar-refractivity contribution in [1.82, 2.24) is 15.6 Å². The molecule has 2 N–H and O–H groups in total. The minimum atomic E-state index is 0. The highest BCUT2D eigenvalue weighted by Gasteiger charge is 2.14. The molecule has 7 heteroatoms. The molecule has 0 spiro atoms. The van der Waals surface area contributed by atoms with E-state index in [0.717, 1.165) is 63.5 Å². The Kier molecular flexibility index (Phi) is 10.5. The van der Waals surface area contributed by atoms with Crippen LogP contribution in [0.4, 0.5) is 0 Å². The van der Waals surface area contributed by atoms with E-state index in [-0.39, 0.29) is 24.0 Å². The third kappa shape index (κ3) is 7.18. The van der Waals surface area contributed by atoms with Gasteiger partial charge in [-0.2, -0.15) is 0 Å². The molecular formula is C21H31IN4O2. The minimum Gasteiger partial charge on any atom is -0.379 e. The Bertz CT molecular complexity index is 730. The van der Waals surface area contributed by atoms with Crippen molar-refractivity contribution in [3.8, 4) is 0 Å². The number of aliphatic imine (C=N–C) groups is 1. The molecule has 1 aromatic heterocycles. The number of nitrogens with one attached hydrogen (secondary N) is 2. The molecule has 1 unspecified atom stereocenters. The first kappa shape index (κ1) is 22.8. The van der Waals surface area contributed by atoms with E-state index in [1.165, 1.54) is 10.9 Å². The fourth-order valence-corrected chi connectivity index (χ4v) is 3.28. The fourth-order valence-electron chi connectivity index (χ4n) is 3.28. The molecule has 1 atom stereocenters. The summed E-state index contributed by atoms with van der Waals surface area (Å²) in [6, 6.07) is 10.4. The van der Waals surface area contributed by atoms with Gasteiger partial charge >= 0.3 is 0 Å². The van der Waals surface area contributed by atoms with Crippen LogP contribution < -0.4 is 10.6 Å². The molecule has 0 radical (unpaired) electrons. The molecule has 3 rings (SSSR count). The molecule has 2 heterocycles. The Morgan fingerprint density at radius 2 is 2.11 bits per heavy atom. The van der Waals surface area contributed by atoms with Crippen molar-refractivity contribution in [2.75, 3.05) is 40.0 Å². The second-order valence-corrected chi connectivity index (χ2v) is 6.73. The van der Waals surface area contributed by atoms with E-state index in [1.807, 2.05) is 12.3 Å². The van der Waals surface area contributed by atoms with Crippen LogP contribution in [0.15, 0.2) is 41.5 Å². The van der Waals surface area contributed by atoms with E-state index in [1.54, 1.807) is 7.05 Å². The topological polar surface area (TPSA) is 67.8 Å². The first-order chi connectivity index (χ1) is 13.4. The van der Waals surface area contributed by atoms with Crippen LogP contribution in [0.3, 0.4) is 0 Å². The zero-order chi connectivity index (χ0) is 18.7. The van der Waals surface area contributed by atoms with Crippen molar-refractivity contribution in [2.24, 2.45) is 4.99 Å². The highest BCUT2D eigenvalue weighted by atomic mass is 127. The Balaban J connectivity index is 0.00000280. The lowest BCUT2D eigenvalue weighted by Crippen LogP contribution is -2.39. The van der Waals surface area contributed by atoms with E-state index in [0.29, 0.717) is 12.7 Å². The number of para-hydroxylation sites is 1. The van der Waals surface area contributed by atoms with Crippen molar-refractivity contribution in [3.05, 3.63) is 42.1 Å². The summed E-state index contributed by atoms with van der Waals surface area (Å²) in [5, 5.41) is 7.88. The van der Waals surface area contributed by atoms with Gasteiger partial charge in [-0.25, -0.2) is 0 Å². The number of fused-ring (bicyclic) bond motifs is 1. The summed E-state index contributed by atoms with van der Waals surface area (Å²) in [6.07, 6.45) is 6.28. The second-order valence-electron chi connectivity index (χ2n) is 6.73. The monoisotopic (exact) mass is 498 g/mol. The molecular weight excluding hydrogens is 467 g/mol. The molecule has 1 fully saturated rings. The van der Waals surface area contributed by atoms with Crippen LogP contribution in [-0.4, -0.2) is 57.0 Å². The predicted octanol–water partition coefficient (Wildman–Crippen LogP) is 3.15. The molecule has 1 saturated heterocycles. The van der Waals surface area contributed by atoms with Crippen LogP contribution in [0, 0.1) is 0 Å². The van der Waals surface area contributed by atoms with Crippen molar-refractivity contribution in [3.63, 3.8) is 0 Å². The van der Waals surface area contributed by atoms with Crippen molar-refractivity contribution >= 4 is 40.8 Å². The van der Waals surface area contributed by atoms with Crippen LogP contribution in [0.25, 0.3) is 10.9 Å². The zero-order valence-electron chi connectivity index (χ0n) is 16.5. The SMILES string of the molecule is CN=C(NCCCOCC1CCCO1)NCCc1cccc2cccnc12.I. The Morgan fingerprint density at radius 3 is 2.93 bits per heavy atom. The zero-order valence-corrected chi connectivity index (χ0v) is 18.9. The normalized spacial score (nSPS) is 16.8. The third-order valence-electron chi connectivity index (χ3n) is 4.71. The van der Waals surface area contributed by atoms with Crippen LogP contribution in [0.1, 0.15) is 24.8 Å².